The molecule has 0 bridgehead atoms. The van der Waals surface area contributed by atoms with Gasteiger partial charge < -0.3 is 9.84 Å². The first-order chi connectivity index (χ1) is 13.8. The first-order valence-corrected chi connectivity index (χ1v) is 9.42. The summed E-state index contributed by atoms with van der Waals surface area (Å²) in [7, 11) is 0. The number of halogens is 3. The van der Waals surface area contributed by atoms with Crippen LogP contribution in [-0.4, -0.2) is 10.1 Å². The number of thiazole rings is 1. The summed E-state index contributed by atoms with van der Waals surface area (Å²) in [4.78, 5) is 14.1. The van der Waals surface area contributed by atoms with Gasteiger partial charge in [-0.1, -0.05) is 17.4 Å². The minimum atomic E-state index is -4.54. The van der Waals surface area contributed by atoms with Crippen LogP contribution >= 0.6 is 11.3 Å². The molecule has 29 heavy (non-hydrogen) atoms. The second-order valence-corrected chi connectivity index (χ2v) is 7.62. The molecule has 1 atom stereocenters. The zero-order valence-corrected chi connectivity index (χ0v) is 15.5. The molecule has 2 N–H and O–H groups in total. The van der Waals surface area contributed by atoms with Gasteiger partial charge >= 0.3 is 11.0 Å². The lowest BCUT2D eigenvalue weighted by Gasteiger charge is -2.13. The van der Waals surface area contributed by atoms with Gasteiger partial charge in [0.05, 0.1) is 16.0 Å². The van der Waals surface area contributed by atoms with Gasteiger partial charge in [-0.15, -0.1) is 0 Å². The van der Waals surface area contributed by atoms with Crippen molar-refractivity contribution in [2.24, 2.45) is 0 Å². The lowest BCUT2D eigenvalue weighted by Crippen LogP contribution is -2.05. The number of alkyl halides is 3. The van der Waals surface area contributed by atoms with E-state index in [1.807, 2.05) is 6.07 Å². The fourth-order valence-electron chi connectivity index (χ4n) is 3.51. The smallest absolute Gasteiger partial charge is 0.416 e. The number of nitrogens with zero attached hydrogens (tertiary/aromatic N) is 1. The van der Waals surface area contributed by atoms with Gasteiger partial charge in [-0.2, -0.15) is 18.4 Å². The SMILES string of the molecule is N#Cc1cc(C(F)(F)F)ccc1Oc1ccc2c(c1)CC[C@H]2c1sc(=O)[nH]c1O. The Morgan fingerprint density at radius 1 is 1.24 bits per heavy atom. The van der Waals surface area contributed by atoms with E-state index >= 15 is 0 Å². The predicted molar refractivity (Wildman–Crippen MR) is 99.4 cm³/mol. The Bertz CT molecular complexity index is 1190. The summed E-state index contributed by atoms with van der Waals surface area (Å²) >= 11 is 0.970. The second-order valence-electron chi connectivity index (χ2n) is 6.60. The maximum atomic E-state index is 12.8. The van der Waals surface area contributed by atoms with Crippen molar-refractivity contribution in [3.63, 3.8) is 0 Å². The molecule has 3 aromatic rings. The van der Waals surface area contributed by atoms with E-state index in [2.05, 4.69) is 4.98 Å². The van der Waals surface area contributed by atoms with Crippen molar-refractivity contribution < 1.29 is 23.0 Å². The fraction of sp³-hybridized carbons (Fsp3) is 0.200. The first-order valence-electron chi connectivity index (χ1n) is 8.60. The van der Waals surface area contributed by atoms with Crippen molar-refractivity contribution in [2.45, 2.75) is 24.9 Å². The van der Waals surface area contributed by atoms with Crippen molar-refractivity contribution in [1.82, 2.24) is 4.98 Å². The summed E-state index contributed by atoms with van der Waals surface area (Å²) in [5, 5.41) is 19.1. The van der Waals surface area contributed by atoms with Crippen molar-refractivity contribution >= 4 is 11.3 Å². The highest BCUT2D eigenvalue weighted by Gasteiger charge is 2.31. The summed E-state index contributed by atoms with van der Waals surface area (Å²) in [5.74, 6) is 0.203. The fourth-order valence-corrected chi connectivity index (χ4v) is 4.39. The van der Waals surface area contributed by atoms with E-state index in [0.29, 0.717) is 23.5 Å². The summed E-state index contributed by atoms with van der Waals surface area (Å²) in [6, 6.07) is 9.72. The molecule has 0 spiro atoms. The van der Waals surface area contributed by atoms with Crippen LogP contribution in [0.1, 0.15) is 39.5 Å². The number of aromatic hydroxyl groups is 1. The van der Waals surface area contributed by atoms with E-state index in [1.54, 1.807) is 18.2 Å². The Labute approximate surface area is 166 Å². The van der Waals surface area contributed by atoms with Crippen LogP contribution in [0.2, 0.25) is 0 Å². The minimum absolute atomic E-state index is 0.0384. The molecule has 148 valence electrons. The molecule has 5 nitrogen and oxygen atoms in total. The zero-order valence-electron chi connectivity index (χ0n) is 14.7. The normalized spacial score (nSPS) is 15.7. The van der Waals surface area contributed by atoms with Gasteiger partial charge in [-0.05, 0) is 54.3 Å². The molecule has 4 rings (SSSR count). The molecule has 0 saturated carbocycles. The third-order valence-electron chi connectivity index (χ3n) is 4.82. The van der Waals surface area contributed by atoms with Crippen LogP contribution in [0.5, 0.6) is 17.4 Å². The molecule has 0 saturated heterocycles. The third kappa shape index (κ3) is 3.59. The van der Waals surface area contributed by atoms with E-state index in [1.165, 1.54) is 0 Å². The first kappa shape index (κ1) is 19.1. The number of H-pyrrole nitrogens is 1. The van der Waals surface area contributed by atoms with Gasteiger partial charge in [0.25, 0.3) is 0 Å². The number of aryl methyl sites for hydroxylation is 1. The summed E-state index contributed by atoms with van der Waals surface area (Å²) < 4.78 is 44.2. The summed E-state index contributed by atoms with van der Waals surface area (Å²) in [6.45, 7) is 0. The van der Waals surface area contributed by atoms with Crippen LogP contribution in [0.4, 0.5) is 13.2 Å². The van der Waals surface area contributed by atoms with Crippen molar-refractivity contribution in [3.05, 3.63) is 73.2 Å². The highest BCUT2D eigenvalue weighted by Crippen LogP contribution is 2.43. The van der Waals surface area contributed by atoms with Crippen LogP contribution < -0.4 is 9.61 Å². The molecule has 1 aliphatic carbocycles. The molecule has 2 aromatic carbocycles. The lowest BCUT2D eigenvalue weighted by atomic mass is 10.00. The van der Waals surface area contributed by atoms with E-state index < -0.39 is 11.7 Å². The summed E-state index contributed by atoms with van der Waals surface area (Å²) in [6.07, 6.45) is -3.13. The molecule has 9 heteroatoms. The van der Waals surface area contributed by atoms with Gasteiger partial charge in [-0.25, -0.2) is 0 Å². The highest BCUT2D eigenvalue weighted by molar-refractivity contribution is 7.09. The Kier molecular flexibility index (Phi) is 4.59. The average Bonchev–Trinajstić information content (AvgIpc) is 3.22. The Morgan fingerprint density at radius 3 is 2.69 bits per heavy atom. The number of aromatic nitrogens is 1. The molecule has 0 radical (unpaired) electrons. The highest BCUT2D eigenvalue weighted by atomic mass is 32.1. The third-order valence-corrected chi connectivity index (χ3v) is 5.81. The predicted octanol–water partition coefficient (Wildman–Crippen LogP) is 4.90. The molecule has 0 aliphatic heterocycles. The van der Waals surface area contributed by atoms with E-state index in [9.17, 15) is 28.3 Å². The number of hydrogen-bond acceptors (Lipinski definition) is 5. The number of nitriles is 1. The van der Waals surface area contributed by atoms with Gasteiger partial charge in [0.2, 0.25) is 5.88 Å². The van der Waals surface area contributed by atoms with Gasteiger partial charge in [0.15, 0.2) is 0 Å². The maximum Gasteiger partial charge on any atom is 0.416 e. The second kappa shape index (κ2) is 6.97. The largest absolute Gasteiger partial charge is 0.494 e. The number of nitrogens with one attached hydrogen (secondary N) is 1. The van der Waals surface area contributed by atoms with Gasteiger partial charge in [0, 0.05) is 5.92 Å². The number of aromatic amines is 1. The summed E-state index contributed by atoms with van der Waals surface area (Å²) in [5.41, 5.74) is 0.790. The van der Waals surface area contributed by atoms with Gasteiger partial charge in [-0.3, -0.25) is 9.78 Å². The van der Waals surface area contributed by atoms with E-state index in [4.69, 9.17) is 4.74 Å². The van der Waals surface area contributed by atoms with Gasteiger partial charge in [0.1, 0.15) is 17.6 Å². The van der Waals surface area contributed by atoms with Crippen molar-refractivity contribution in [3.8, 4) is 23.4 Å². The molecular weight excluding hydrogens is 405 g/mol. The molecular formula is C20H13F3N2O3S. The maximum absolute atomic E-state index is 12.8. The Hall–Kier alpha value is -3.25. The molecule has 1 aromatic heterocycles. The number of benzene rings is 2. The topological polar surface area (TPSA) is 86.1 Å². The molecule has 1 heterocycles. The lowest BCUT2D eigenvalue weighted by molar-refractivity contribution is -0.137. The zero-order chi connectivity index (χ0) is 20.8. The number of hydrogen-bond donors (Lipinski definition) is 2. The van der Waals surface area contributed by atoms with Crippen LogP contribution in [0.15, 0.2) is 41.2 Å². The Morgan fingerprint density at radius 2 is 2.03 bits per heavy atom. The van der Waals surface area contributed by atoms with Crippen molar-refractivity contribution in [2.75, 3.05) is 0 Å². The van der Waals surface area contributed by atoms with Crippen LogP contribution in [0.3, 0.4) is 0 Å². The molecule has 0 fully saturated rings. The monoisotopic (exact) mass is 418 g/mol. The average molecular weight is 418 g/mol. The number of ether oxygens (including phenoxy) is 1. The van der Waals surface area contributed by atoms with Crippen LogP contribution in [-0.2, 0) is 12.6 Å². The minimum Gasteiger partial charge on any atom is -0.494 e. The van der Waals surface area contributed by atoms with Crippen LogP contribution in [0.25, 0.3) is 0 Å². The van der Waals surface area contributed by atoms with E-state index in [0.717, 1.165) is 40.7 Å². The molecule has 0 amide bonds. The molecule has 1 aliphatic rings. The standard InChI is InChI=1S/C20H13F3N2O3S/c21-20(22,23)12-2-6-16(11(7-12)9-24)28-13-3-5-14-10(8-13)1-4-15(14)17-18(26)25-19(27)29-17/h2-3,5-8,15,26H,1,4H2,(H,25,27)/t15-/m1/s1. The van der Waals surface area contributed by atoms with E-state index in [-0.39, 0.29) is 28.0 Å². The Balaban J connectivity index is 1.62. The molecule has 0 unspecified atom stereocenters. The quantitative estimate of drug-likeness (QED) is 0.633. The van der Waals surface area contributed by atoms with Crippen LogP contribution in [0, 0.1) is 11.3 Å². The number of rotatable bonds is 3. The van der Waals surface area contributed by atoms with Crippen molar-refractivity contribution in [1.29, 1.82) is 5.26 Å². The number of fused-ring (bicyclic) bond motifs is 1.